The van der Waals surface area contributed by atoms with E-state index in [1.807, 2.05) is 11.8 Å². The maximum Gasteiger partial charge on any atom is 0.152 e. The summed E-state index contributed by atoms with van der Waals surface area (Å²) in [5.74, 6) is 1.99. The Kier molecular flexibility index (Phi) is 3.50. The smallest absolute Gasteiger partial charge is 0.152 e. The number of halogens is 1. The Hall–Kier alpha value is -0.610. The van der Waals surface area contributed by atoms with Crippen molar-refractivity contribution in [3.8, 4) is 0 Å². The van der Waals surface area contributed by atoms with Crippen LogP contribution in [0.4, 0.5) is 11.5 Å². The number of nitrogens with two attached hydrogens (primary N) is 1. The Morgan fingerprint density at radius 2 is 2.31 bits per heavy atom. The van der Waals surface area contributed by atoms with Crippen molar-refractivity contribution in [2.75, 3.05) is 22.9 Å². The Labute approximate surface area is 105 Å². The van der Waals surface area contributed by atoms with Crippen LogP contribution >= 0.6 is 23.4 Å². The Bertz CT molecular complexity index is 385. The van der Waals surface area contributed by atoms with E-state index in [0.29, 0.717) is 22.0 Å². The van der Waals surface area contributed by atoms with Crippen molar-refractivity contribution >= 4 is 34.9 Å². The molecular formula is C11H16ClN3S. The fraction of sp³-hybridized carbons (Fsp3) is 0.545. The van der Waals surface area contributed by atoms with E-state index in [1.54, 1.807) is 12.3 Å². The SMILES string of the molecule is CC1SCCN(c2ncc(Cl)cc2N)C1C. The molecule has 1 aromatic rings. The molecule has 16 heavy (non-hydrogen) atoms. The standard InChI is InChI=1S/C11H16ClN3S/c1-7-8(2)16-4-3-15(7)11-10(13)5-9(12)6-14-11/h5-8H,3-4,13H2,1-2H3. The van der Waals surface area contributed by atoms with E-state index in [2.05, 4.69) is 23.7 Å². The molecule has 0 aliphatic carbocycles. The molecule has 88 valence electrons. The molecule has 2 rings (SSSR count). The van der Waals surface area contributed by atoms with Gasteiger partial charge in [-0.3, -0.25) is 0 Å². The van der Waals surface area contributed by atoms with Crippen LogP contribution in [0.3, 0.4) is 0 Å². The Balaban J connectivity index is 2.29. The van der Waals surface area contributed by atoms with Gasteiger partial charge in [-0.2, -0.15) is 11.8 Å². The average Bonchev–Trinajstić information content (AvgIpc) is 2.23. The molecule has 1 fully saturated rings. The van der Waals surface area contributed by atoms with Crippen molar-refractivity contribution in [3.63, 3.8) is 0 Å². The topological polar surface area (TPSA) is 42.2 Å². The van der Waals surface area contributed by atoms with Crippen LogP contribution in [-0.2, 0) is 0 Å². The van der Waals surface area contributed by atoms with Crippen LogP contribution in [0.25, 0.3) is 0 Å². The fourth-order valence-electron chi connectivity index (χ4n) is 1.92. The van der Waals surface area contributed by atoms with Crippen molar-refractivity contribution in [1.29, 1.82) is 0 Å². The molecule has 1 saturated heterocycles. The molecule has 0 saturated carbocycles. The first-order valence-corrected chi connectivity index (χ1v) is 6.81. The summed E-state index contributed by atoms with van der Waals surface area (Å²) in [4.78, 5) is 6.62. The zero-order valence-corrected chi connectivity index (χ0v) is 11.1. The van der Waals surface area contributed by atoms with Gasteiger partial charge in [0.25, 0.3) is 0 Å². The molecule has 0 aromatic carbocycles. The number of hydrogen-bond donors (Lipinski definition) is 1. The van der Waals surface area contributed by atoms with Gasteiger partial charge in [-0.05, 0) is 13.0 Å². The van der Waals surface area contributed by atoms with E-state index in [4.69, 9.17) is 17.3 Å². The van der Waals surface area contributed by atoms with E-state index in [0.717, 1.165) is 18.1 Å². The lowest BCUT2D eigenvalue weighted by Gasteiger charge is -2.38. The van der Waals surface area contributed by atoms with Crippen LogP contribution in [0, 0.1) is 0 Å². The van der Waals surface area contributed by atoms with Crippen LogP contribution < -0.4 is 10.6 Å². The maximum absolute atomic E-state index is 5.96. The molecule has 1 aliphatic rings. The second-order valence-corrected chi connectivity index (χ2v) is 6.00. The largest absolute Gasteiger partial charge is 0.396 e. The predicted molar refractivity (Wildman–Crippen MR) is 72.4 cm³/mol. The predicted octanol–water partition coefficient (Wildman–Crippen LogP) is 2.65. The molecule has 2 unspecified atom stereocenters. The first-order valence-electron chi connectivity index (χ1n) is 5.39. The first-order chi connectivity index (χ1) is 7.59. The van der Waals surface area contributed by atoms with E-state index in [-0.39, 0.29) is 0 Å². The summed E-state index contributed by atoms with van der Waals surface area (Å²) in [7, 11) is 0. The maximum atomic E-state index is 5.96. The minimum atomic E-state index is 0.453. The quantitative estimate of drug-likeness (QED) is 0.840. The van der Waals surface area contributed by atoms with E-state index in [9.17, 15) is 0 Å². The number of pyridine rings is 1. The van der Waals surface area contributed by atoms with Crippen LogP contribution in [0.2, 0.25) is 5.02 Å². The highest BCUT2D eigenvalue weighted by Gasteiger charge is 2.27. The van der Waals surface area contributed by atoms with Crippen LogP contribution in [0.15, 0.2) is 12.3 Å². The molecule has 2 N–H and O–H groups in total. The third-order valence-corrected chi connectivity index (χ3v) is 4.56. The molecule has 0 radical (unpaired) electrons. The number of nitrogens with zero attached hydrogens (tertiary/aromatic N) is 2. The molecule has 1 aliphatic heterocycles. The molecule has 0 amide bonds. The third kappa shape index (κ3) is 2.23. The Morgan fingerprint density at radius 1 is 1.56 bits per heavy atom. The summed E-state index contributed by atoms with van der Waals surface area (Å²) < 4.78 is 0. The summed E-state index contributed by atoms with van der Waals surface area (Å²) in [5, 5.41) is 1.19. The lowest BCUT2D eigenvalue weighted by Crippen LogP contribution is -2.45. The monoisotopic (exact) mass is 257 g/mol. The van der Waals surface area contributed by atoms with Gasteiger partial charge in [0.2, 0.25) is 0 Å². The lowest BCUT2D eigenvalue weighted by atomic mass is 10.2. The number of anilines is 2. The van der Waals surface area contributed by atoms with Crippen molar-refractivity contribution in [2.45, 2.75) is 25.1 Å². The zero-order valence-electron chi connectivity index (χ0n) is 9.48. The van der Waals surface area contributed by atoms with Gasteiger partial charge in [0.05, 0.1) is 10.7 Å². The molecule has 0 spiro atoms. The normalized spacial score (nSPS) is 25.8. The summed E-state index contributed by atoms with van der Waals surface area (Å²) in [6, 6.07) is 2.22. The van der Waals surface area contributed by atoms with Crippen LogP contribution in [-0.4, -0.2) is 28.6 Å². The first kappa shape index (κ1) is 11.9. The molecule has 3 nitrogen and oxygen atoms in total. The van der Waals surface area contributed by atoms with E-state index in [1.165, 1.54) is 0 Å². The van der Waals surface area contributed by atoms with Crippen LogP contribution in [0.5, 0.6) is 0 Å². The molecular weight excluding hydrogens is 242 g/mol. The number of hydrogen-bond acceptors (Lipinski definition) is 4. The molecule has 2 atom stereocenters. The van der Waals surface area contributed by atoms with Gasteiger partial charge >= 0.3 is 0 Å². The van der Waals surface area contributed by atoms with Gasteiger partial charge in [0.15, 0.2) is 5.82 Å². The highest BCUT2D eigenvalue weighted by atomic mass is 35.5. The van der Waals surface area contributed by atoms with Gasteiger partial charge in [0, 0.05) is 29.8 Å². The second-order valence-electron chi connectivity index (χ2n) is 4.08. The van der Waals surface area contributed by atoms with E-state index < -0.39 is 0 Å². The summed E-state index contributed by atoms with van der Waals surface area (Å²) >= 11 is 7.85. The number of rotatable bonds is 1. The molecule has 1 aromatic heterocycles. The highest BCUT2D eigenvalue weighted by molar-refractivity contribution is 8.00. The van der Waals surface area contributed by atoms with Gasteiger partial charge < -0.3 is 10.6 Å². The number of thioether (sulfide) groups is 1. The summed E-state index contributed by atoms with van der Waals surface area (Å²) in [6.07, 6.45) is 1.66. The Morgan fingerprint density at radius 3 is 3.00 bits per heavy atom. The van der Waals surface area contributed by atoms with Gasteiger partial charge in [0.1, 0.15) is 0 Å². The molecule has 5 heteroatoms. The molecule has 2 heterocycles. The summed E-state index contributed by atoms with van der Waals surface area (Å²) in [5.41, 5.74) is 6.63. The minimum absolute atomic E-state index is 0.453. The highest BCUT2D eigenvalue weighted by Crippen LogP contribution is 2.31. The zero-order chi connectivity index (χ0) is 11.7. The van der Waals surface area contributed by atoms with Gasteiger partial charge in [-0.1, -0.05) is 18.5 Å². The third-order valence-electron chi connectivity index (χ3n) is 3.02. The van der Waals surface area contributed by atoms with Crippen LogP contribution in [0.1, 0.15) is 13.8 Å². The van der Waals surface area contributed by atoms with E-state index >= 15 is 0 Å². The fourth-order valence-corrected chi connectivity index (χ4v) is 3.19. The van der Waals surface area contributed by atoms with Crippen molar-refractivity contribution in [3.05, 3.63) is 17.3 Å². The van der Waals surface area contributed by atoms with Crippen molar-refractivity contribution in [2.24, 2.45) is 0 Å². The van der Waals surface area contributed by atoms with Crippen molar-refractivity contribution < 1.29 is 0 Å². The van der Waals surface area contributed by atoms with Gasteiger partial charge in [-0.15, -0.1) is 0 Å². The summed E-state index contributed by atoms with van der Waals surface area (Å²) in [6.45, 7) is 5.45. The lowest BCUT2D eigenvalue weighted by molar-refractivity contribution is 0.621. The van der Waals surface area contributed by atoms with Gasteiger partial charge in [-0.25, -0.2) is 4.98 Å². The minimum Gasteiger partial charge on any atom is -0.396 e. The van der Waals surface area contributed by atoms with Crippen molar-refractivity contribution in [1.82, 2.24) is 4.98 Å². The molecule has 0 bridgehead atoms. The number of aromatic nitrogens is 1. The number of nitrogen functional groups attached to an aromatic ring is 1. The average molecular weight is 258 g/mol. The second kappa shape index (κ2) is 4.72.